The van der Waals surface area contributed by atoms with Gasteiger partial charge in [0.15, 0.2) is 5.96 Å². The van der Waals surface area contributed by atoms with Gasteiger partial charge in [0.05, 0.1) is 18.9 Å². The molecule has 0 fully saturated rings. The highest BCUT2D eigenvalue weighted by Gasteiger charge is 2.05. The van der Waals surface area contributed by atoms with E-state index in [1.54, 1.807) is 31.2 Å². The number of benzene rings is 1. The number of guanidine groups is 1. The second-order valence-corrected chi connectivity index (χ2v) is 5.49. The van der Waals surface area contributed by atoms with Crippen LogP contribution in [-0.2, 0) is 16.0 Å². The number of methoxy groups -OCH3 is 1. The number of nitrogens with one attached hydrogen (secondary N) is 2. The Balaban J connectivity index is 0.00000576. The van der Waals surface area contributed by atoms with Crippen LogP contribution in [0.25, 0.3) is 0 Å². The summed E-state index contributed by atoms with van der Waals surface area (Å²) in [4.78, 5) is 5.90. The highest BCUT2D eigenvalue weighted by molar-refractivity contribution is 14.0. The number of hydrogen-bond acceptors (Lipinski definition) is 4. The summed E-state index contributed by atoms with van der Waals surface area (Å²) < 4.78 is 24.2. The summed E-state index contributed by atoms with van der Waals surface area (Å²) in [6.45, 7) is 3.15. The Kier molecular flexibility index (Phi) is 13.4. The van der Waals surface area contributed by atoms with E-state index in [2.05, 4.69) is 15.6 Å². The third kappa shape index (κ3) is 9.81. The number of anilines is 1. The average Bonchev–Trinajstić information content (AvgIpc) is 2.56. The maximum atomic E-state index is 13.9. The van der Waals surface area contributed by atoms with E-state index in [0.29, 0.717) is 38.0 Å². The molecule has 1 aromatic rings. The quantitative estimate of drug-likeness (QED) is 0.239. The van der Waals surface area contributed by atoms with Crippen molar-refractivity contribution in [3.8, 4) is 0 Å². The monoisotopic (exact) mass is 468 g/mol. The molecule has 0 spiro atoms. The van der Waals surface area contributed by atoms with Crippen LogP contribution >= 0.6 is 24.0 Å². The van der Waals surface area contributed by atoms with Gasteiger partial charge in [0.25, 0.3) is 0 Å². The topological polar surface area (TPSA) is 58.1 Å². The van der Waals surface area contributed by atoms with Crippen molar-refractivity contribution < 1.29 is 13.9 Å². The third-order valence-electron chi connectivity index (χ3n) is 3.37. The van der Waals surface area contributed by atoms with Crippen LogP contribution < -0.4 is 15.5 Å². The average molecular weight is 468 g/mol. The molecule has 144 valence electrons. The molecule has 8 heteroatoms. The number of hydrogen-bond donors (Lipinski definition) is 2. The zero-order chi connectivity index (χ0) is 17.8. The molecule has 0 heterocycles. The Morgan fingerprint density at radius 3 is 2.56 bits per heavy atom. The fraction of sp³-hybridized carbons (Fsp3) is 0.588. The second kappa shape index (κ2) is 14.1. The van der Waals surface area contributed by atoms with Crippen LogP contribution in [0.3, 0.4) is 0 Å². The molecule has 0 amide bonds. The van der Waals surface area contributed by atoms with Gasteiger partial charge in [0, 0.05) is 47.9 Å². The third-order valence-corrected chi connectivity index (χ3v) is 3.37. The zero-order valence-electron chi connectivity index (χ0n) is 15.5. The van der Waals surface area contributed by atoms with Gasteiger partial charge in [-0.15, -0.1) is 24.0 Å². The molecule has 0 atom stereocenters. The van der Waals surface area contributed by atoms with E-state index in [-0.39, 0.29) is 29.8 Å². The lowest BCUT2D eigenvalue weighted by Crippen LogP contribution is -2.37. The number of ether oxygens (including phenoxy) is 2. The van der Waals surface area contributed by atoms with Gasteiger partial charge < -0.3 is 25.0 Å². The Labute approximate surface area is 167 Å². The predicted octanol–water partition coefficient (Wildman–Crippen LogP) is 2.23. The van der Waals surface area contributed by atoms with Crippen LogP contribution in [0.4, 0.5) is 10.1 Å². The van der Waals surface area contributed by atoms with Gasteiger partial charge >= 0.3 is 0 Å². The summed E-state index contributed by atoms with van der Waals surface area (Å²) in [6.07, 6.45) is 0.872. The Morgan fingerprint density at radius 1 is 1.20 bits per heavy atom. The van der Waals surface area contributed by atoms with Crippen molar-refractivity contribution in [3.63, 3.8) is 0 Å². The van der Waals surface area contributed by atoms with Gasteiger partial charge in [0.2, 0.25) is 0 Å². The lowest BCUT2D eigenvalue weighted by molar-refractivity contribution is 0.0698. The molecule has 0 aliphatic carbocycles. The molecule has 1 aromatic carbocycles. The van der Waals surface area contributed by atoms with Crippen molar-refractivity contribution in [2.24, 2.45) is 4.99 Å². The predicted molar refractivity (Wildman–Crippen MR) is 112 cm³/mol. The number of nitrogens with zero attached hydrogens (tertiary/aromatic N) is 2. The minimum Gasteiger partial charge on any atom is -0.382 e. The van der Waals surface area contributed by atoms with Crippen molar-refractivity contribution in [1.29, 1.82) is 0 Å². The van der Waals surface area contributed by atoms with Crippen LogP contribution in [0.2, 0.25) is 0 Å². The first-order valence-electron chi connectivity index (χ1n) is 8.05. The van der Waals surface area contributed by atoms with Gasteiger partial charge in [-0.25, -0.2) is 4.39 Å². The molecule has 25 heavy (non-hydrogen) atoms. The van der Waals surface area contributed by atoms with Crippen LogP contribution in [-0.4, -0.2) is 60.6 Å². The summed E-state index contributed by atoms with van der Waals surface area (Å²) in [5.74, 6) is 0.458. The van der Waals surface area contributed by atoms with Crippen LogP contribution in [0.5, 0.6) is 0 Å². The maximum absolute atomic E-state index is 13.9. The fourth-order valence-electron chi connectivity index (χ4n) is 2.05. The highest BCUT2D eigenvalue weighted by Crippen LogP contribution is 2.18. The standard InChI is InChI=1S/C17H29FN4O2.HI/c1-19-17(20-8-5-9-24-11-10-23-4)21-13-14-6-7-16(22(2)3)15(18)12-14;/h6-7,12H,5,8-11,13H2,1-4H3,(H2,19,20,21);1H. The van der Waals surface area contributed by atoms with Crippen LogP contribution in [0, 0.1) is 5.82 Å². The van der Waals surface area contributed by atoms with Crippen molar-refractivity contribution >= 4 is 35.6 Å². The second-order valence-electron chi connectivity index (χ2n) is 5.49. The zero-order valence-corrected chi connectivity index (χ0v) is 17.8. The lowest BCUT2D eigenvalue weighted by atomic mass is 10.2. The number of aliphatic imine (C=N–C) groups is 1. The van der Waals surface area contributed by atoms with Gasteiger partial charge in [0.1, 0.15) is 5.82 Å². The molecule has 1 rings (SSSR count). The van der Waals surface area contributed by atoms with Gasteiger partial charge in [-0.2, -0.15) is 0 Å². The molecular weight excluding hydrogens is 438 g/mol. The summed E-state index contributed by atoms with van der Waals surface area (Å²) in [6, 6.07) is 5.22. The Morgan fingerprint density at radius 2 is 1.96 bits per heavy atom. The molecule has 0 aliphatic rings. The van der Waals surface area contributed by atoms with Crippen LogP contribution in [0.15, 0.2) is 23.2 Å². The van der Waals surface area contributed by atoms with Crippen molar-refractivity contribution in [1.82, 2.24) is 10.6 Å². The maximum Gasteiger partial charge on any atom is 0.191 e. The smallest absolute Gasteiger partial charge is 0.191 e. The number of halogens is 2. The molecular formula is C17H30FIN4O2. The molecule has 0 aliphatic heterocycles. The molecule has 0 radical (unpaired) electrons. The Bertz CT molecular complexity index is 515. The van der Waals surface area contributed by atoms with Gasteiger partial charge in [-0.05, 0) is 24.1 Å². The first-order valence-corrected chi connectivity index (χ1v) is 8.05. The molecule has 0 unspecified atom stereocenters. The molecule has 0 saturated carbocycles. The van der Waals surface area contributed by atoms with E-state index in [4.69, 9.17) is 9.47 Å². The summed E-state index contributed by atoms with van der Waals surface area (Å²) in [7, 11) is 7.00. The van der Waals surface area contributed by atoms with E-state index in [0.717, 1.165) is 18.5 Å². The number of rotatable bonds is 10. The van der Waals surface area contributed by atoms with Crippen molar-refractivity contribution in [3.05, 3.63) is 29.6 Å². The van der Waals surface area contributed by atoms with Crippen LogP contribution in [0.1, 0.15) is 12.0 Å². The van der Waals surface area contributed by atoms with E-state index in [1.165, 1.54) is 0 Å². The minimum absolute atomic E-state index is 0. The lowest BCUT2D eigenvalue weighted by Gasteiger charge is -2.15. The Hall–Kier alpha value is -1.13. The van der Waals surface area contributed by atoms with E-state index in [1.807, 2.05) is 20.2 Å². The van der Waals surface area contributed by atoms with E-state index >= 15 is 0 Å². The highest BCUT2D eigenvalue weighted by atomic mass is 127. The molecule has 0 saturated heterocycles. The minimum atomic E-state index is -0.226. The normalized spacial score (nSPS) is 11.0. The van der Waals surface area contributed by atoms with Crippen molar-refractivity contribution in [2.75, 3.05) is 59.5 Å². The molecule has 0 aromatic heterocycles. The summed E-state index contributed by atoms with van der Waals surface area (Å²) in [5, 5.41) is 6.37. The summed E-state index contributed by atoms with van der Waals surface area (Å²) in [5.41, 5.74) is 1.44. The SMILES string of the molecule is CN=C(NCCCOCCOC)NCc1ccc(N(C)C)c(F)c1.I. The van der Waals surface area contributed by atoms with Crippen molar-refractivity contribution in [2.45, 2.75) is 13.0 Å². The molecule has 6 nitrogen and oxygen atoms in total. The molecule has 0 bridgehead atoms. The van der Waals surface area contributed by atoms with E-state index < -0.39 is 0 Å². The van der Waals surface area contributed by atoms with Gasteiger partial charge in [-0.3, -0.25) is 4.99 Å². The fourth-order valence-corrected chi connectivity index (χ4v) is 2.05. The van der Waals surface area contributed by atoms with E-state index in [9.17, 15) is 4.39 Å². The first-order chi connectivity index (χ1) is 11.6. The van der Waals surface area contributed by atoms with Gasteiger partial charge in [-0.1, -0.05) is 6.07 Å². The summed E-state index contributed by atoms with van der Waals surface area (Å²) >= 11 is 0. The molecule has 2 N–H and O–H groups in total. The first kappa shape index (κ1) is 23.9. The largest absolute Gasteiger partial charge is 0.382 e.